The molecule has 0 fully saturated rings. The van der Waals surface area contributed by atoms with E-state index in [1.54, 1.807) is 0 Å². The molecule has 0 spiro atoms. The summed E-state index contributed by atoms with van der Waals surface area (Å²) in [6, 6.07) is 14.2. The first-order valence-corrected chi connectivity index (χ1v) is 5.87. The van der Waals surface area contributed by atoms with E-state index in [0.29, 0.717) is 0 Å². The van der Waals surface area contributed by atoms with E-state index in [-0.39, 0.29) is 0 Å². The van der Waals surface area contributed by atoms with Gasteiger partial charge in [-0.15, -0.1) is 0 Å². The molecule has 2 heteroatoms. The summed E-state index contributed by atoms with van der Waals surface area (Å²) < 4.78 is 1.07. The number of benzene rings is 2. The highest BCUT2D eigenvalue weighted by molar-refractivity contribution is 9.10. The normalized spacial score (nSPS) is 10.3. The van der Waals surface area contributed by atoms with E-state index in [1.807, 2.05) is 43.3 Å². The number of hydrogen-bond acceptors (Lipinski definition) is 0. The monoisotopic (exact) mass is 280 g/mol. The lowest BCUT2D eigenvalue weighted by Crippen LogP contribution is -1.83. The Balaban J connectivity index is 2.65. The number of hydrogen-bond donors (Lipinski definition) is 0. The summed E-state index contributed by atoms with van der Waals surface area (Å²) >= 11 is 9.81. The summed E-state index contributed by atoms with van der Waals surface area (Å²) in [5.41, 5.74) is 3.31. The third-order valence-corrected chi connectivity index (χ3v) is 3.55. The Labute approximate surface area is 103 Å². The van der Waals surface area contributed by atoms with Crippen LogP contribution in [-0.2, 0) is 0 Å². The zero-order chi connectivity index (χ0) is 10.8. The molecule has 2 aromatic rings. The zero-order valence-electron chi connectivity index (χ0n) is 8.30. The van der Waals surface area contributed by atoms with Crippen molar-refractivity contribution in [2.24, 2.45) is 0 Å². The molecule has 15 heavy (non-hydrogen) atoms. The van der Waals surface area contributed by atoms with Gasteiger partial charge in [-0.05, 0) is 24.1 Å². The predicted octanol–water partition coefficient (Wildman–Crippen LogP) is 5.08. The van der Waals surface area contributed by atoms with Gasteiger partial charge < -0.3 is 0 Å². The van der Waals surface area contributed by atoms with Crippen LogP contribution in [0.15, 0.2) is 46.9 Å². The molecular weight excluding hydrogens is 272 g/mol. The summed E-state index contributed by atoms with van der Waals surface area (Å²) in [6.45, 7) is 2.02. The average molecular weight is 282 g/mol. The Kier molecular flexibility index (Phi) is 3.13. The average Bonchev–Trinajstić information content (AvgIpc) is 2.23. The minimum Gasteiger partial charge on any atom is -0.0834 e. The topological polar surface area (TPSA) is 0 Å². The van der Waals surface area contributed by atoms with Crippen LogP contribution in [0.4, 0.5) is 0 Å². The van der Waals surface area contributed by atoms with Crippen LogP contribution in [-0.4, -0.2) is 0 Å². The fraction of sp³-hybridized carbons (Fsp3) is 0.0769. The second-order valence-electron chi connectivity index (χ2n) is 3.42. The summed E-state index contributed by atoms with van der Waals surface area (Å²) in [7, 11) is 0. The first-order chi connectivity index (χ1) is 7.20. The Bertz CT molecular complexity index is 492. The van der Waals surface area contributed by atoms with Crippen molar-refractivity contribution >= 4 is 27.5 Å². The van der Waals surface area contributed by atoms with Crippen molar-refractivity contribution in [2.45, 2.75) is 6.92 Å². The highest BCUT2D eigenvalue weighted by atomic mass is 79.9. The maximum absolute atomic E-state index is 6.28. The number of rotatable bonds is 1. The van der Waals surface area contributed by atoms with Crippen LogP contribution in [0.25, 0.3) is 11.1 Å². The summed E-state index contributed by atoms with van der Waals surface area (Å²) in [5.74, 6) is 0. The zero-order valence-corrected chi connectivity index (χ0v) is 10.6. The Morgan fingerprint density at radius 1 is 0.933 bits per heavy atom. The smallest absolute Gasteiger partial charge is 0.0513 e. The van der Waals surface area contributed by atoms with Gasteiger partial charge in [-0.2, -0.15) is 0 Å². The van der Waals surface area contributed by atoms with Crippen molar-refractivity contribution in [2.75, 3.05) is 0 Å². The molecule has 0 aliphatic heterocycles. The second-order valence-corrected chi connectivity index (χ2v) is 4.65. The molecule has 0 unspecified atom stereocenters. The minimum atomic E-state index is 0.824. The van der Waals surface area contributed by atoms with Gasteiger partial charge in [-0.25, -0.2) is 0 Å². The van der Waals surface area contributed by atoms with Crippen LogP contribution in [0.5, 0.6) is 0 Å². The van der Waals surface area contributed by atoms with Crippen molar-refractivity contribution in [1.29, 1.82) is 0 Å². The van der Waals surface area contributed by atoms with Crippen LogP contribution in [0.3, 0.4) is 0 Å². The fourth-order valence-electron chi connectivity index (χ4n) is 1.54. The molecule has 0 saturated heterocycles. The van der Waals surface area contributed by atoms with Crippen LogP contribution in [0.1, 0.15) is 5.56 Å². The van der Waals surface area contributed by atoms with Gasteiger partial charge in [0, 0.05) is 10.0 Å². The van der Waals surface area contributed by atoms with E-state index in [0.717, 1.165) is 26.2 Å². The quantitative estimate of drug-likeness (QED) is 0.684. The Morgan fingerprint density at radius 3 is 2.33 bits per heavy atom. The van der Waals surface area contributed by atoms with E-state index in [1.165, 1.54) is 0 Å². The largest absolute Gasteiger partial charge is 0.0834 e. The second kappa shape index (κ2) is 4.38. The lowest BCUT2D eigenvalue weighted by Gasteiger charge is -2.08. The molecule has 0 radical (unpaired) electrons. The highest BCUT2D eigenvalue weighted by Crippen LogP contribution is 2.34. The van der Waals surface area contributed by atoms with Gasteiger partial charge >= 0.3 is 0 Å². The van der Waals surface area contributed by atoms with E-state index in [9.17, 15) is 0 Å². The number of halogens is 2. The van der Waals surface area contributed by atoms with Gasteiger partial charge in [-0.1, -0.05) is 63.9 Å². The molecular formula is C13H10BrCl. The molecule has 2 rings (SSSR count). The number of aryl methyl sites for hydroxylation is 1. The third-order valence-electron chi connectivity index (χ3n) is 2.36. The predicted molar refractivity (Wildman–Crippen MR) is 69.3 cm³/mol. The SMILES string of the molecule is Cc1cccc(-c2ccccc2Br)c1Cl. The molecule has 0 N–H and O–H groups in total. The molecule has 2 aromatic carbocycles. The van der Waals surface area contributed by atoms with Gasteiger partial charge in [0.25, 0.3) is 0 Å². The van der Waals surface area contributed by atoms with Crippen molar-refractivity contribution in [3.05, 3.63) is 57.5 Å². The Hall–Kier alpha value is -0.790. The van der Waals surface area contributed by atoms with Crippen molar-refractivity contribution in [3.8, 4) is 11.1 Å². The van der Waals surface area contributed by atoms with Gasteiger partial charge in [0.2, 0.25) is 0 Å². The van der Waals surface area contributed by atoms with Crippen LogP contribution < -0.4 is 0 Å². The van der Waals surface area contributed by atoms with E-state index < -0.39 is 0 Å². The van der Waals surface area contributed by atoms with Crippen LogP contribution in [0, 0.1) is 6.92 Å². The molecule has 0 amide bonds. The van der Waals surface area contributed by atoms with E-state index in [2.05, 4.69) is 22.0 Å². The minimum absolute atomic E-state index is 0.824. The molecule has 76 valence electrons. The summed E-state index contributed by atoms with van der Waals surface area (Å²) in [5, 5.41) is 0.824. The van der Waals surface area contributed by atoms with Gasteiger partial charge in [0.1, 0.15) is 0 Å². The van der Waals surface area contributed by atoms with Gasteiger partial charge in [0.05, 0.1) is 5.02 Å². The first kappa shape index (κ1) is 10.7. The maximum atomic E-state index is 6.28. The van der Waals surface area contributed by atoms with E-state index >= 15 is 0 Å². The summed E-state index contributed by atoms with van der Waals surface area (Å²) in [6.07, 6.45) is 0. The molecule has 0 aliphatic carbocycles. The third kappa shape index (κ3) is 2.09. The Morgan fingerprint density at radius 2 is 1.60 bits per heavy atom. The molecule has 0 aromatic heterocycles. The first-order valence-electron chi connectivity index (χ1n) is 4.70. The molecule has 0 atom stereocenters. The highest BCUT2D eigenvalue weighted by Gasteiger charge is 2.07. The van der Waals surface area contributed by atoms with Gasteiger partial charge in [-0.3, -0.25) is 0 Å². The van der Waals surface area contributed by atoms with Crippen LogP contribution in [0.2, 0.25) is 5.02 Å². The standard InChI is InChI=1S/C13H10BrCl/c1-9-5-4-7-11(13(9)15)10-6-2-3-8-12(10)14/h2-8H,1H3. The van der Waals surface area contributed by atoms with Crippen molar-refractivity contribution in [1.82, 2.24) is 0 Å². The van der Waals surface area contributed by atoms with E-state index in [4.69, 9.17) is 11.6 Å². The molecule has 0 bridgehead atoms. The molecule has 0 heterocycles. The molecule has 0 saturated carbocycles. The lowest BCUT2D eigenvalue weighted by molar-refractivity contribution is 1.46. The van der Waals surface area contributed by atoms with Crippen molar-refractivity contribution in [3.63, 3.8) is 0 Å². The summed E-state index contributed by atoms with van der Waals surface area (Å²) in [4.78, 5) is 0. The molecule has 0 aliphatic rings. The molecule has 0 nitrogen and oxygen atoms in total. The lowest BCUT2D eigenvalue weighted by atomic mass is 10.0. The van der Waals surface area contributed by atoms with Crippen LogP contribution >= 0.6 is 27.5 Å². The van der Waals surface area contributed by atoms with Crippen molar-refractivity contribution < 1.29 is 0 Å². The van der Waals surface area contributed by atoms with Gasteiger partial charge in [0.15, 0.2) is 0 Å². The fourth-order valence-corrected chi connectivity index (χ4v) is 2.26. The maximum Gasteiger partial charge on any atom is 0.0513 e.